The number of hydrogen-bond acceptors (Lipinski definition) is 4. The van der Waals surface area contributed by atoms with Crippen molar-refractivity contribution in [2.45, 2.75) is 26.4 Å². The van der Waals surface area contributed by atoms with E-state index in [1.54, 1.807) is 11.3 Å². The van der Waals surface area contributed by atoms with Crippen molar-refractivity contribution in [3.05, 3.63) is 38.3 Å². The van der Waals surface area contributed by atoms with Gasteiger partial charge in [0.1, 0.15) is 0 Å². The summed E-state index contributed by atoms with van der Waals surface area (Å²) in [7, 11) is 0. The number of rotatable bonds is 5. The minimum Gasteiger partial charge on any atom is -0.360 e. The quantitative estimate of drug-likeness (QED) is 0.920. The monoisotopic (exact) mass is 300 g/mol. The summed E-state index contributed by atoms with van der Waals surface area (Å²) in [6.45, 7) is 3.65. The molecule has 0 amide bonds. The molecule has 2 rings (SSSR count). The Morgan fingerprint density at radius 1 is 1.44 bits per heavy atom. The third-order valence-electron chi connectivity index (χ3n) is 2.20. The van der Waals surface area contributed by atoms with E-state index in [-0.39, 0.29) is 0 Å². The molecule has 1 N–H and O–H groups in total. The van der Waals surface area contributed by atoms with E-state index in [4.69, 9.17) is 4.52 Å². The summed E-state index contributed by atoms with van der Waals surface area (Å²) in [6, 6.07) is 6.17. The summed E-state index contributed by atoms with van der Waals surface area (Å²) in [6.07, 6.45) is 0.918. The highest BCUT2D eigenvalue weighted by Crippen LogP contribution is 2.21. The molecule has 0 saturated heterocycles. The number of halogens is 1. The van der Waals surface area contributed by atoms with Crippen LogP contribution < -0.4 is 5.32 Å². The molecule has 0 bridgehead atoms. The van der Waals surface area contributed by atoms with E-state index in [1.165, 1.54) is 4.88 Å². The molecule has 0 aliphatic heterocycles. The molecule has 0 fully saturated rings. The van der Waals surface area contributed by atoms with Crippen LogP contribution in [0.15, 0.2) is 26.5 Å². The van der Waals surface area contributed by atoms with Crippen LogP contribution in [0.3, 0.4) is 0 Å². The van der Waals surface area contributed by atoms with Gasteiger partial charge >= 0.3 is 0 Å². The lowest BCUT2D eigenvalue weighted by Gasteiger charge is -1.98. The summed E-state index contributed by atoms with van der Waals surface area (Å²) >= 11 is 5.18. The zero-order chi connectivity index (χ0) is 11.4. The SMILES string of the molecule is CCc1cc(CNCc2ccc(Br)s2)on1. The van der Waals surface area contributed by atoms with Crippen LogP contribution in [0.1, 0.15) is 23.3 Å². The van der Waals surface area contributed by atoms with Gasteiger partial charge < -0.3 is 9.84 Å². The maximum Gasteiger partial charge on any atom is 0.150 e. The fourth-order valence-electron chi connectivity index (χ4n) is 1.36. The summed E-state index contributed by atoms with van der Waals surface area (Å²) in [5.41, 5.74) is 1.01. The Kier molecular flexibility index (Phi) is 4.15. The maximum absolute atomic E-state index is 5.18. The fraction of sp³-hybridized carbons (Fsp3) is 0.364. The highest BCUT2D eigenvalue weighted by atomic mass is 79.9. The van der Waals surface area contributed by atoms with Gasteiger partial charge in [0.15, 0.2) is 5.76 Å². The second-order valence-corrected chi connectivity index (χ2v) is 6.00. The van der Waals surface area contributed by atoms with Gasteiger partial charge in [0.2, 0.25) is 0 Å². The van der Waals surface area contributed by atoms with Gasteiger partial charge in [0, 0.05) is 17.5 Å². The first kappa shape index (κ1) is 11.8. The van der Waals surface area contributed by atoms with Crippen LogP contribution >= 0.6 is 27.3 Å². The largest absolute Gasteiger partial charge is 0.360 e. The summed E-state index contributed by atoms with van der Waals surface area (Å²) in [5.74, 6) is 0.896. The molecular weight excluding hydrogens is 288 g/mol. The second kappa shape index (κ2) is 5.61. The van der Waals surface area contributed by atoms with Crippen molar-refractivity contribution in [1.82, 2.24) is 10.5 Å². The molecule has 0 aromatic carbocycles. The smallest absolute Gasteiger partial charge is 0.150 e. The van der Waals surface area contributed by atoms with Gasteiger partial charge in [-0.2, -0.15) is 0 Å². The van der Waals surface area contributed by atoms with E-state index in [9.17, 15) is 0 Å². The van der Waals surface area contributed by atoms with Crippen LogP contribution in [0.4, 0.5) is 0 Å². The van der Waals surface area contributed by atoms with Crippen molar-refractivity contribution in [2.24, 2.45) is 0 Å². The number of hydrogen-bond donors (Lipinski definition) is 1. The number of thiophene rings is 1. The first-order valence-corrected chi connectivity index (χ1v) is 6.78. The average molecular weight is 301 g/mol. The maximum atomic E-state index is 5.18. The molecular formula is C11H13BrN2OS. The van der Waals surface area contributed by atoms with Gasteiger partial charge in [-0.15, -0.1) is 11.3 Å². The highest BCUT2D eigenvalue weighted by Gasteiger charge is 2.02. The lowest BCUT2D eigenvalue weighted by Crippen LogP contribution is -2.10. The Morgan fingerprint density at radius 2 is 2.31 bits per heavy atom. The average Bonchev–Trinajstić information content (AvgIpc) is 2.88. The number of nitrogens with zero attached hydrogens (tertiary/aromatic N) is 1. The van der Waals surface area contributed by atoms with E-state index in [0.29, 0.717) is 0 Å². The molecule has 0 aliphatic carbocycles. The van der Waals surface area contributed by atoms with Crippen LogP contribution in [0.25, 0.3) is 0 Å². The molecule has 16 heavy (non-hydrogen) atoms. The Hall–Kier alpha value is -0.650. The summed E-state index contributed by atoms with van der Waals surface area (Å²) in [4.78, 5) is 1.31. The van der Waals surface area contributed by atoms with Gasteiger partial charge in [-0.3, -0.25) is 0 Å². The van der Waals surface area contributed by atoms with Crippen LogP contribution in [-0.4, -0.2) is 5.16 Å². The molecule has 0 aliphatic rings. The van der Waals surface area contributed by atoms with Gasteiger partial charge in [0.25, 0.3) is 0 Å². The number of aryl methyl sites for hydroxylation is 1. The Balaban J connectivity index is 1.79. The molecule has 2 aromatic heterocycles. The molecule has 0 atom stereocenters. The van der Waals surface area contributed by atoms with Crippen molar-refractivity contribution in [1.29, 1.82) is 0 Å². The Bertz CT molecular complexity index is 452. The van der Waals surface area contributed by atoms with E-state index >= 15 is 0 Å². The summed E-state index contributed by atoms with van der Waals surface area (Å²) < 4.78 is 6.34. The minimum absolute atomic E-state index is 0.725. The van der Waals surface area contributed by atoms with Crippen molar-refractivity contribution in [2.75, 3.05) is 0 Å². The first-order chi connectivity index (χ1) is 7.78. The normalized spacial score (nSPS) is 10.9. The predicted molar refractivity (Wildman–Crippen MR) is 68.4 cm³/mol. The van der Waals surface area contributed by atoms with Gasteiger partial charge in [-0.25, -0.2) is 0 Å². The topological polar surface area (TPSA) is 38.1 Å². The first-order valence-electron chi connectivity index (χ1n) is 5.17. The van der Waals surface area contributed by atoms with E-state index < -0.39 is 0 Å². The standard InChI is InChI=1S/C11H13BrN2OS/c1-2-8-5-9(15-14-8)6-13-7-10-3-4-11(12)16-10/h3-5,13H,2,6-7H2,1H3. The van der Waals surface area contributed by atoms with Crippen molar-refractivity contribution in [3.63, 3.8) is 0 Å². The molecule has 3 nitrogen and oxygen atoms in total. The zero-order valence-corrected chi connectivity index (χ0v) is 11.4. The van der Waals surface area contributed by atoms with Gasteiger partial charge in [-0.05, 0) is 34.5 Å². The Labute approximate surface area is 107 Å². The van der Waals surface area contributed by atoms with Crippen molar-refractivity contribution >= 4 is 27.3 Å². The molecule has 0 saturated carbocycles. The van der Waals surface area contributed by atoms with Crippen molar-refractivity contribution < 1.29 is 4.52 Å². The fourth-order valence-corrected chi connectivity index (χ4v) is 2.81. The van der Waals surface area contributed by atoms with Crippen LogP contribution in [0.2, 0.25) is 0 Å². The van der Waals surface area contributed by atoms with Crippen LogP contribution in [0.5, 0.6) is 0 Å². The molecule has 5 heteroatoms. The van der Waals surface area contributed by atoms with E-state index in [2.05, 4.69) is 45.5 Å². The van der Waals surface area contributed by atoms with Crippen molar-refractivity contribution in [3.8, 4) is 0 Å². The number of aromatic nitrogens is 1. The minimum atomic E-state index is 0.725. The Morgan fingerprint density at radius 3 is 2.94 bits per heavy atom. The molecule has 0 unspecified atom stereocenters. The third kappa shape index (κ3) is 3.17. The molecule has 0 spiro atoms. The van der Waals surface area contributed by atoms with E-state index in [0.717, 1.165) is 34.8 Å². The lowest BCUT2D eigenvalue weighted by atomic mass is 10.3. The predicted octanol–water partition coefficient (Wildman–Crippen LogP) is 3.35. The van der Waals surface area contributed by atoms with E-state index in [1.807, 2.05) is 6.07 Å². The van der Waals surface area contributed by atoms with Gasteiger partial charge in [0.05, 0.1) is 16.0 Å². The second-order valence-electron chi connectivity index (χ2n) is 3.45. The third-order valence-corrected chi connectivity index (χ3v) is 3.82. The lowest BCUT2D eigenvalue weighted by molar-refractivity contribution is 0.368. The summed E-state index contributed by atoms with van der Waals surface area (Å²) in [5, 5.41) is 7.27. The highest BCUT2D eigenvalue weighted by molar-refractivity contribution is 9.11. The molecule has 2 heterocycles. The van der Waals surface area contributed by atoms with Gasteiger partial charge in [-0.1, -0.05) is 12.1 Å². The molecule has 2 aromatic rings. The van der Waals surface area contributed by atoms with Crippen LogP contribution in [0, 0.1) is 0 Å². The molecule has 86 valence electrons. The molecule has 0 radical (unpaired) electrons. The number of nitrogens with one attached hydrogen (secondary N) is 1. The zero-order valence-electron chi connectivity index (χ0n) is 9.00. The van der Waals surface area contributed by atoms with Crippen LogP contribution in [-0.2, 0) is 19.5 Å².